The number of hydrogen-bond acceptors (Lipinski definition) is 5. The quantitative estimate of drug-likeness (QED) is 0.487. The van der Waals surface area contributed by atoms with E-state index in [1.807, 2.05) is 12.1 Å². The predicted octanol–water partition coefficient (Wildman–Crippen LogP) is 4.93. The van der Waals surface area contributed by atoms with Gasteiger partial charge in [-0.25, -0.2) is 13.8 Å². The van der Waals surface area contributed by atoms with E-state index in [0.717, 1.165) is 61.0 Å². The Hall–Kier alpha value is -2.61. The largest absolute Gasteiger partial charge is 0.481 e. The minimum Gasteiger partial charge on any atom is -0.481 e. The fourth-order valence-electron chi connectivity index (χ4n) is 4.15. The summed E-state index contributed by atoms with van der Waals surface area (Å²) in [6.45, 7) is 1.45. The average Bonchev–Trinajstić information content (AvgIpc) is 2.83. The molecule has 2 aromatic heterocycles. The number of aryl methyl sites for hydroxylation is 1. The number of piperidine rings is 1. The van der Waals surface area contributed by atoms with Crippen LogP contribution in [0, 0.1) is 11.6 Å². The number of ether oxygens (including phenoxy) is 1. The van der Waals surface area contributed by atoms with Crippen molar-refractivity contribution in [1.82, 2.24) is 20.6 Å². The molecule has 0 amide bonds. The number of halogens is 3. The van der Waals surface area contributed by atoms with Gasteiger partial charge in [0.1, 0.15) is 11.6 Å². The van der Waals surface area contributed by atoms with Crippen molar-refractivity contribution < 1.29 is 13.5 Å². The Bertz CT molecular complexity index is 1130. The molecule has 3 heterocycles. The highest BCUT2D eigenvalue weighted by Crippen LogP contribution is 2.27. The molecule has 3 aromatic rings. The van der Waals surface area contributed by atoms with Crippen molar-refractivity contribution in [3.63, 3.8) is 0 Å². The van der Waals surface area contributed by atoms with Crippen LogP contribution in [0.15, 0.2) is 42.6 Å². The van der Waals surface area contributed by atoms with Crippen LogP contribution in [0.2, 0.25) is 5.02 Å². The minimum atomic E-state index is -0.442. The van der Waals surface area contributed by atoms with Crippen molar-refractivity contribution in [3.8, 4) is 5.88 Å². The lowest BCUT2D eigenvalue weighted by Gasteiger charge is -2.30. The molecule has 0 bridgehead atoms. The third-order valence-corrected chi connectivity index (χ3v) is 6.31. The molecular weight excluding hydrogens is 446 g/mol. The van der Waals surface area contributed by atoms with Gasteiger partial charge < -0.3 is 15.4 Å². The monoisotopic (exact) mass is 472 g/mol. The lowest BCUT2D eigenvalue weighted by molar-refractivity contribution is 0.321. The fraction of sp³-hybridized carbons (Fsp3) is 0.360. The number of nitrogens with one attached hydrogen (secondary N) is 2. The molecule has 0 radical (unpaired) electrons. The van der Waals surface area contributed by atoms with Crippen LogP contribution in [-0.2, 0) is 6.42 Å². The Labute approximate surface area is 197 Å². The number of pyridine rings is 2. The van der Waals surface area contributed by atoms with Gasteiger partial charge in [-0.3, -0.25) is 4.98 Å². The van der Waals surface area contributed by atoms with Crippen LogP contribution in [-0.4, -0.2) is 42.3 Å². The molecule has 0 aliphatic carbocycles. The number of fused-ring (bicyclic) bond motifs is 1. The molecule has 33 heavy (non-hydrogen) atoms. The second-order valence-electron chi connectivity index (χ2n) is 8.20. The number of methoxy groups -OCH3 is 1. The maximum absolute atomic E-state index is 13.7. The summed E-state index contributed by atoms with van der Waals surface area (Å²) in [4.78, 5) is 8.92. The van der Waals surface area contributed by atoms with Crippen molar-refractivity contribution in [3.05, 3.63) is 70.4 Å². The first kappa shape index (κ1) is 23.5. The lowest BCUT2D eigenvalue weighted by Crippen LogP contribution is -2.48. The van der Waals surface area contributed by atoms with Gasteiger partial charge >= 0.3 is 0 Å². The van der Waals surface area contributed by atoms with Gasteiger partial charge in [0.15, 0.2) is 0 Å². The SMILES string of the molecule is COc1ccc2ncc(Cl)c(CC[C@@H]3CC[C@@H](NC/C=C/c4cc(F)ccc4F)CN3)c2n1. The van der Waals surface area contributed by atoms with Crippen LogP contribution < -0.4 is 15.4 Å². The van der Waals surface area contributed by atoms with Crippen LogP contribution >= 0.6 is 11.6 Å². The molecule has 174 valence electrons. The third-order valence-electron chi connectivity index (χ3n) is 5.99. The summed E-state index contributed by atoms with van der Waals surface area (Å²) < 4.78 is 32.2. The zero-order chi connectivity index (χ0) is 23.2. The van der Waals surface area contributed by atoms with Gasteiger partial charge in [-0.2, -0.15) is 0 Å². The van der Waals surface area contributed by atoms with E-state index < -0.39 is 11.6 Å². The second-order valence-corrected chi connectivity index (χ2v) is 8.61. The summed E-state index contributed by atoms with van der Waals surface area (Å²) in [7, 11) is 1.60. The number of rotatable bonds is 8. The smallest absolute Gasteiger partial charge is 0.213 e. The lowest BCUT2D eigenvalue weighted by atomic mass is 9.95. The van der Waals surface area contributed by atoms with Crippen molar-refractivity contribution in [2.75, 3.05) is 20.2 Å². The molecule has 0 spiro atoms. The molecular formula is C25H27ClF2N4O. The highest BCUT2D eigenvalue weighted by molar-refractivity contribution is 6.32. The van der Waals surface area contributed by atoms with Gasteiger partial charge in [-0.05, 0) is 49.9 Å². The summed E-state index contributed by atoms with van der Waals surface area (Å²) in [5.41, 5.74) is 2.85. The van der Waals surface area contributed by atoms with Gasteiger partial charge in [-0.1, -0.05) is 23.8 Å². The minimum absolute atomic E-state index is 0.257. The second kappa shape index (κ2) is 11.0. The maximum atomic E-state index is 13.7. The number of hydrogen-bond donors (Lipinski definition) is 2. The van der Waals surface area contributed by atoms with E-state index in [1.54, 1.807) is 25.4 Å². The normalized spacial score (nSPS) is 18.8. The van der Waals surface area contributed by atoms with Gasteiger partial charge in [0, 0.05) is 48.6 Å². The first-order chi connectivity index (χ1) is 16.0. The first-order valence-electron chi connectivity index (χ1n) is 11.1. The Morgan fingerprint density at radius 2 is 2.12 bits per heavy atom. The molecule has 1 aliphatic heterocycles. The summed E-state index contributed by atoms with van der Waals surface area (Å²) in [5, 5.41) is 7.68. The molecule has 0 saturated carbocycles. The molecule has 4 rings (SSSR count). The van der Waals surface area contributed by atoms with Gasteiger partial charge in [0.2, 0.25) is 5.88 Å². The van der Waals surface area contributed by atoms with Gasteiger partial charge in [-0.15, -0.1) is 0 Å². The molecule has 2 N–H and O–H groups in total. The molecule has 0 unspecified atom stereocenters. The van der Waals surface area contributed by atoms with E-state index in [0.29, 0.717) is 29.5 Å². The van der Waals surface area contributed by atoms with E-state index in [1.165, 1.54) is 6.07 Å². The summed E-state index contributed by atoms with van der Waals surface area (Å²) in [5.74, 6) is -0.320. The van der Waals surface area contributed by atoms with Crippen molar-refractivity contribution >= 4 is 28.7 Å². The molecule has 2 atom stereocenters. The fourth-order valence-corrected chi connectivity index (χ4v) is 4.38. The van der Waals surface area contributed by atoms with Crippen LogP contribution in [0.5, 0.6) is 5.88 Å². The predicted molar refractivity (Wildman–Crippen MR) is 128 cm³/mol. The molecule has 1 aliphatic rings. The van der Waals surface area contributed by atoms with E-state index in [-0.39, 0.29) is 5.56 Å². The van der Waals surface area contributed by atoms with Crippen LogP contribution in [0.4, 0.5) is 8.78 Å². The first-order valence-corrected chi connectivity index (χ1v) is 11.5. The molecule has 5 nitrogen and oxygen atoms in total. The number of benzene rings is 1. The van der Waals surface area contributed by atoms with Crippen molar-refractivity contribution in [2.45, 2.75) is 37.8 Å². The summed E-state index contributed by atoms with van der Waals surface area (Å²) in [6, 6.07) is 7.88. The molecule has 8 heteroatoms. The van der Waals surface area contributed by atoms with E-state index >= 15 is 0 Å². The molecule has 1 fully saturated rings. The summed E-state index contributed by atoms with van der Waals surface area (Å²) in [6.07, 6.45) is 8.94. The van der Waals surface area contributed by atoms with E-state index in [9.17, 15) is 8.78 Å². The van der Waals surface area contributed by atoms with Crippen molar-refractivity contribution in [1.29, 1.82) is 0 Å². The topological polar surface area (TPSA) is 59.1 Å². The highest BCUT2D eigenvalue weighted by Gasteiger charge is 2.21. The highest BCUT2D eigenvalue weighted by atomic mass is 35.5. The Balaban J connectivity index is 1.26. The number of nitrogens with zero attached hydrogens (tertiary/aromatic N) is 2. The Morgan fingerprint density at radius 1 is 1.24 bits per heavy atom. The zero-order valence-corrected chi connectivity index (χ0v) is 19.2. The maximum Gasteiger partial charge on any atom is 0.213 e. The van der Waals surface area contributed by atoms with Crippen LogP contribution in [0.3, 0.4) is 0 Å². The number of aromatic nitrogens is 2. The van der Waals surface area contributed by atoms with E-state index in [4.69, 9.17) is 16.3 Å². The van der Waals surface area contributed by atoms with Crippen LogP contribution in [0.25, 0.3) is 17.1 Å². The van der Waals surface area contributed by atoms with Crippen LogP contribution in [0.1, 0.15) is 30.4 Å². The van der Waals surface area contributed by atoms with Crippen molar-refractivity contribution in [2.24, 2.45) is 0 Å². The van der Waals surface area contributed by atoms with Gasteiger partial charge in [0.05, 0.1) is 23.2 Å². The summed E-state index contributed by atoms with van der Waals surface area (Å²) >= 11 is 6.45. The standard InChI is InChI=1S/C25H27ClF2N4O/c1-33-24-11-10-23-25(32-24)20(21(26)15-31-23)8-7-18-5-6-19(14-30-18)29-12-2-3-16-13-17(27)4-9-22(16)28/h2-4,9-11,13,15,18-19,29-30H,5-8,12,14H2,1H3/b3-2+/t18-,19+/m0/s1. The zero-order valence-electron chi connectivity index (χ0n) is 18.5. The van der Waals surface area contributed by atoms with Gasteiger partial charge in [0.25, 0.3) is 0 Å². The van der Waals surface area contributed by atoms with E-state index in [2.05, 4.69) is 20.6 Å². The molecule has 1 saturated heterocycles. The third kappa shape index (κ3) is 6.05. The molecule has 1 aromatic carbocycles. The Morgan fingerprint density at radius 3 is 2.91 bits per heavy atom. The Kier molecular flexibility index (Phi) is 7.85. The average molecular weight is 473 g/mol.